The van der Waals surface area contributed by atoms with Gasteiger partial charge in [0.2, 0.25) is 5.91 Å². The Morgan fingerprint density at radius 1 is 1.28 bits per heavy atom. The second-order valence-corrected chi connectivity index (χ2v) is 6.27. The fourth-order valence-corrected chi connectivity index (χ4v) is 3.21. The summed E-state index contributed by atoms with van der Waals surface area (Å²) in [4.78, 5) is 17.3. The number of piperidine rings is 1. The molecule has 1 atom stereocenters. The standard InChI is InChI=1S/C14H27N3O/c1-12-11-16(3)9-4-10-17(12)13(18)14(2)5-7-15-8-6-14/h12,15H,4-11H2,1-3H3. The summed E-state index contributed by atoms with van der Waals surface area (Å²) in [5.74, 6) is 0.381. The van der Waals surface area contributed by atoms with E-state index in [-0.39, 0.29) is 5.41 Å². The Kier molecular flexibility index (Phi) is 4.28. The molecule has 1 N–H and O–H groups in total. The third-order valence-corrected chi connectivity index (χ3v) is 4.53. The molecule has 2 saturated heterocycles. The van der Waals surface area contributed by atoms with Crippen molar-refractivity contribution >= 4 is 5.91 Å². The molecule has 0 aliphatic carbocycles. The predicted octanol–water partition coefficient (Wildman–Crippen LogP) is 0.929. The van der Waals surface area contributed by atoms with Crippen LogP contribution in [0, 0.1) is 5.41 Å². The number of hydrogen-bond acceptors (Lipinski definition) is 3. The number of carbonyl (C=O) groups excluding carboxylic acids is 1. The molecule has 0 aromatic rings. The van der Waals surface area contributed by atoms with Gasteiger partial charge in [-0.1, -0.05) is 6.92 Å². The van der Waals surface area contributed by atoms with Gasteiger partial charge < -0.3 is 15.1 Å². The van der Waals surface area contributed by atoms with Crippen molar-refractivity contribution in [3.05, 3.63) is 0 Å². The summed E-state index contributed by atoms with van der Waals surface area (Å²) in [6.45, 7) is 9.32. The van der Waals surface area contributed by atoms with Gasteiger partial charge >= 0.3 is 0 Å². The van der Waals surface area contributed by atoms with Gasteiger partial charge in [0.25, 0.3) is 0 Å². The molecule has 1 unspecified atom stereocenters. The molecule has 0 aromatic carbocycles. The Balaban J connectivity index is 2.06. The first kappa shape index (κ1) is 13.8. The molecule has 2 fully saturated rings. The summed E-state index contributed by atoms with van der Waals surface area (Å²) >= 11 is 0. The maximum absolute atomic E-state index is 12.8. The van der Waals surface area contributed by atoms with Gasteiger partial charge in [0.15, 0.2) is 0 Å². The van der Waals surface area contributed by atoms with Crippen molar-refractivity contribution in [1.82, 2.24) is 15.1 Å². The van der Waals surface area contributed by atoms with Crippen molar-refractivity contribution in [2.45, 2.75) is 39.2 Å². The quantitative estimate of drug-likeness (QED) is 0.755. The minimum absolute atomic E-state index is 0.136. The fraction of sp³-hybridized carbons (Fsp3) is 0.929. The average Bonchev–Trinajstić information content (AvgIpc) is 2.50. The van der Waals surface area contributed by atoms with Crippen molar-refractivity contribution in [2.24, 2.45) is 5.41 Å². The molecule has 0 saturated carbocycles. The van der Waals surface area contributed by atoms with Crippen molar-refractivity contribution in [1.29, 1.82) is 0 Å². The SMILES string of the molecule is CC1CN(C)CCCN1C(=O)C1(C)CCNCC1. The lowest BCUT2D eigenvalue weighted by atomic mass is 9.79. The minimum atomic E-state index is -0.136. The summed E-state index contributed by atoms with van der Waals surface area (Å²) in [5.41, 5.74) is -0.136. The van der Waals surface area contributed by atoms with E-state index in [0.29, 0.717) is 11.9 Å². The molecule has 104 valence electrons. The molecule has 2 rings (SSSR count). The van der Waals surface area contributed by atoms with Crippen LogP contribution in [0.15, 0.2) is 0 Å². The molecular weight excluding hydrogens is 226 g/mol. The number of hydrogen-bond donors (Lipinski definition) is 1. The molecular formula is C14H27N3O. The first-order valence-corrected chi connectivity index (χ1v) is 7.23. The van der Waals surface area contributed by atoms with Crippen LogP contribution in [-0.2, 0) is 4.79 Å². The summed E-state index contributed by atoms with van der Waals surface area (Å²) in [5, 5.41) is 3.35. The summed E-state index contributed by atoms with van der Waals surface area (Å²) in [6, 6.07) is 0.344. The molecule has 0 bridgehead atoms. The molecule has 2 aliphatic rings. The van der Waals surface area contributed by atoms with Gasteiger partial charge in [-0.05, 0) is 52.9 Å². The number of nitrogens with zero attached hydrogens (tertiary/aromatic N) is 2. The normalized spacial score (nSPS) is 29.9. The van der Waals surface area contributed by atoms with Crippen molar-refractivity contribution in [2.75, 3.05) is 39.8 Å². The lowest BCUT2D eigenvalue weighted by Crippen LogP contribution is -2.51. The van der Waals surface area contributed by atoms with Crippen LogP contribution in [0.4, 0.5) is 0 Å². The van der Waals surface area contributed by atoms with E-state index >= 15 is 0 Å². The van der Waals surface area contributed by atoms with Crippen molar-refractivity contribution in [3.8, 4) is 0 Å². The van der Waals surface area contributed by atoms with Crippen molar-refractivity contribution in [3.63, 3.8) is 0 Å². The van der Waals surface area contributed by atoms with E-state index in [2.05, 4.69) is 36.0 Å². The van der Waals surface area contributed by atoms with Crippen molar-refractivity contribution < 1.29 is 4.79 Å². The van der Waals surface area contributed by atoms with Crippen LogP contribution in [0.5, 0.6) is 0 Å². The van der Waals surface area contributed by atoms with E-state index in [4.69, 9.17) is 0 Å². The zero-order valence-corrected chi connectivity index (χ0v) is 12.0. The summed E-state index contributed by atoms with van der Waals surface area (Å²) in [7, 11) is 2.15. The van der Waals surface area contributed by atoms with E-state index in [1.165, 1.54) is 0 Å². The Hall–Kier alpha value is -0.610. The van der Waals surface area contributed by atoms with E-state index < -0.39 is 0 Å². The van der Waals surface area contributed by atoms with Gasteiger partial charge in [0.05, 0.1) is 0 Å². The van der Waals surface area contributed by atoms with Crippen LogP contribution in [0.1, 0.15) is 33.1 Å². The molecule has 0 aromatic heterocycles. The molecule has 2 aliphatic heterocycles. The molecule has 18 heavy (non-hydrogen) atoms. The lowest BCUT2D eigenvalue weighted by Gasteiger charge is -2.39. The highest BCUT2D eigenvalue weighted by Crippen LogP contribution is 2.31. The highest BCUT2D eigenvalue weighted by Gasteiger charge is 2.39. The fourth-order valence-electron chi connectivity index (χ4n) is 3.21. The molecule has 0 spiro atoms. The smallest absolute Gasteiger partial charge is 0.228 e. The van der Waals surface area contributed by atoms with Crippen LogP contribution < -0.4 is 5.32 Å². The first-order chi connectivity index (χ1) is 8.53. The molecule has 4 heteroatoms. The van der Waals surface area contributed by atoms with Gasteiger partial charge in [-0.2, -0.15) is 0 Å². The van der Waals surface area contributed by atoms with Crippen LogP contribution in [-0.4, -0.2) is 61.5 Å². The highest BCUT2D eigenvalue weighted by molar-refractivity contribution is 5.82. The van der Waals surface area contributed by atoms with Gasteiger partial charge in [0, 0.05) is 24.5 Å². The molecule has 4 nitrogen and oxygen atoms in total. The highest BCUT2D eigenvalue weighted by atomic mass is 16.2. The zero-order valence-electron chi connectivity index (χ0n) is 12.0. The van der Waals surface area contributed by atoms with E-state index in [0.717, 1.165) is 52.0 Å². The Morgan fingerprint density at radius 3 is 2.61 bits per heavy atom. The Bertz CT molecular complexity index is 299. The van der Waals surface area contributed by atoms with E-state index in [9.17, 15) is 4.79 Å². The average molecular weight is 253 g/mol. The zero-order chi connectivity index (χ0) is 13.2. The number of likely N-dealkylation sites (N-methyl/N-ethyl adjacent to an activating group) is 1. The first-order valence-electron chi connectivity index (χ1n) is 7.23. The molecule has 0 radical (unpaired) electrons. The summed E-state index contributed by atoms with van der Waals surface area (Å²) < 4.78 is 0. The molecule has 1 amide bonds. The number of rotatable bonds is 1. The largest absolute Gasteiger partial charge is 0.338 e. The monoisotopic (exact) mass is 253 g/mol. The third kappa shape index (κ3) is 2.86. The van der Waals surface area contributed by atoms with E-state index in [1.807, 2.05) is 0 Å². The van der Waals surface area contributed by atoms with Gasteiger partial charge in [-0.15, -0.1) is 0 Å². The van der Waals surface area contributed by atoms with E-state index in [1.54, 1.807) is 0 Å². The second kappa shape index (κ2) is 5.57. The summed E-state index contributed by atoms with van der Waals surface area (Å²) in [6.07, 6.45) is 3.05. The van der Waals surface area contributed by atoms with Gasteiger partial charge in [0.1, 0.15) is 0 Å². The van der Waals surface area contributed by atoms with Crippen LogP contribution in [0.25, 0.3) is 0 Å². The number of amides is 1. The minimum Gasteiger partial charge on any atom is -0.338 e. The van der Waals surface area contributed by atoms with Gasteiger partial charge in [-0.25, -0.2) is 0 Å². The number of nitrogens with one attached hydrogen (secondary N) is 1. The number of carbonyl (C=O) groups is 1. The molecule has 2 heterocycles. The lowest BCUT2D eigenvalue weighted by molar-refractivity contribution is -0.144. The Morgan fingerprint density at radius 2 is 1.94 bits per heavy atom. The maximum Gasteiger partial charge on any atom is 0.228 e. The van der Waals surface area contributed by atoms with Crippen LogP contribution in [0.2, 0.25) is 0 Å². The van der Waals surface area contributed by atoms with Crippen LogP contribution in [0.3, 0.4) is 0 Å². The van der Waals surface area contributed by atoms with Gasteiger partial charge in [-0.3, -0.25) is 4.79 Å². The predicted molar refractivity (Wildman–Crippen MR) is 73.5 cm³/mol. The third-order valence-electron chi connectivity index (χ3n) is 4.53. The second-order valence-electron chi connectivity index (χ2n) is 6.27. The van der Waals surface area contributed by atoms with Crippen LogP contribution >= 0.6 is 0 Å². The topological polar surface area (TPSA) is 35.6 Å². The Labute approximate surface area is 111 Å². The maximum atomic E-state index is 12.8.